The number of aromatic amines is 1. The summed E-state index contributed by atoms with van der Waals surface area (Å²) in [5.41, 5.74) is 9.47. The van der Waals surface area contributed by atoms with Crippen molar-refractivity contribution in [1.29, 1.82) is 0 Å². The number of nitrogens with zero attached hydrogens (tertiary/aromatic N) is 3. The van der Waals surface area contributed by atoms with Crippen LogP contribution in [0.15, 0.2) is 36.0 Å². The Labute approximate surface area is 127 Å². The number of anilines is 1. The third-order valence-corrected chi connectivity index (χ3v) is 4.75. The molecule has 2 aromatic heterocycles. The Balaban J connectivity index is 1.68. The molecule has 108 valence electrons. The van der Waals surface area contributed by atoms with E-state index in [1.807, 2.05) is 24.4 Å². The Hall–Kier alpha value is -1.79. The van der Waals surface area contributed by atoms with Crippen molar-refractivity contribution in [2.24, 2.45) is 11.7 Å². The van der Waals surface area contributed by atoms with Gasteiger partial charge in [-0.1, -0.05) is 17.8 Å². The fourth-order valence-corrected chi connectivity index (χ4v) is 3.48. The molecule has 2 aliphatic rings. The van der Waals surface area contributed by atoms with Gasteiger partial charge in [0.05, 0.1) is 11.4 Å². The normalized spacial score (nSPS) is 21.7. The van der Waals surface area contributed by atoms with Crippen molar-refractivity contribution >= 4 is 23.3 Å². The van der Waals surface area contributed by atoms with Crippen LogP contribution in [-0.4, -0.2) is 20.7 Å². The lowest BCUT2D eigenvalue weighted by Crippen LogP contribution is -2.35. The fraction of sp³-hybridized carbons (Fsp3) is 0.333. The second-order valence-electron chi connectivity index (χ2n) is 5.48. The van der Waals surface area contributed by atoms with Gasteiger partial charge in [-0.2, -0.15) is 5.10 Å². The summed E-state index contributed by atoms with van der Waals surface area (Å²) in [6.07, 6.45) is 7.46. The van der Waals surface area contributed by atoms with Gasteiger partial charge in [-0.3, -0.25) is 10.00 Å². The van der Waals surface area contributed by atoms with Gasteiger partial charge in [0.1, 0.15) is 11.3 Å². The molecule has 1 aliphatic heterocycles. The zero-order valence-electron chi connectivity index (χ0n) is 11.6. The minimum absolute atomic E-state index is 0.140. The van der Waals surface area contributed by atoms with Crippen LogP contribution in [0.4, 0.5) is 5.82 Å². The third-order valence-electron chi connectivity index (χ3n) is 3.90. The molecule has 0 radical (unpaired) electrons. The van der Waals surface area contributed by atoms with E-state index in [0.717, 1.165) is 35.1 Å². The Morgan fingerprint density at radius 1 is 1.38 bits per heavy atom. The molecule has 1 aliphatic carbocycles. The second kappa shape index (κ2) is 5.20. The van der Waals surface area contributed by atoms with E-state index in [2.05, 4.69) is 25.5 Å². The summed E-state index contributed by atoms with van der Waals surface area (Å²) >= 11 is 1.61. The first-order valence-electron chi connectivity index (χ1n) is 7.17. The number of rotatable bonds is 4. The van der Waals surface area contributed by atoms with Crippen LogP contribution in [-0.2, 0) is 6.42 Å². The molecule has 21 heavy (non-hydrogen) atoms. The van der Waals surface area contributed by atoms with E-state index < -0.39 is 0 Å². The molecule has 0 saturated heterocycles. The van der Waals surface area contributed by atoms with Gasteiger partial charge in [-0.25, -0.2) is 4.98 Å². The number of pyridine rings is 1. The van der Waals surface area contributed by atoms with Crippen molar-refractivity contribution in [3.05, 3.63) is 47.3 Å². The first kappa shape index (κ1) is 12.9. The summed E-state index contributed by atoms with van der Waals surface area (Å²) < 4.78 is 0. The summed E-state index contributed by atoms with van der Waals surface area (Å²) in [5, 5.41) is 9.55. The first-order valence-corrected chi connectivity index (χ1v) is 8.11. The number of nitrogens with one attached hydrogen (secondary N) is 1. The zero-order valence-corrected chi connectivity index (χ0v) is 12.4. The van der Waals surface area contributed by atoms with Gasteiger partial charge < -0.3 is 5.73 Å². The van der Waals surface area contributed by atoms with Gasteiger partial charge in [0.15, 0.2) is 0 Å². The molecule has 4 rings (SSSR count). The number of nitrogens with two attached hydrogens (primary N) is 1. The minimum Gasteiger partial charge on any atom is -0.302 e. The van der Waals surface area contributed by atoms with Crippen molar-refractivity contribution in [3.8, 4) is 0 Å². The molecule has 3 heterocycles. The number of hydrogen-bond acceptors (Lipinski definition) is 5. The largest absolute Gasteiger partial charge is 0.302 e. The summed E-state index contributed by atoms with van der Waals surface area (Å²) in [5.74, 6) is 1.68. The van der Waals surface area contributed by atoms with Crippen LogP contribution in [0, 0.1) is 5.92 Å². The molecule has 0 amide bonds. The van der Waals surface area contributed by atoms with Crippen LogP contribution < -0.4 is 10.6 Å². The van der Waals surface area contributed by atoms with E-state index in [1.165, 1.54) is 12.8 Å². The van der Waals surface area contributed by atoms with E-state index in [0.29, 0.717) is 0 Å². The first-order chi connectivity index (χ1) is 10.3. The van der Waals surface area contributed by atoms with Gasteiger partial charge in [0, 0.05) is 18.0 Å². The van der Waals surface area contributed by atoms with Gasteiger partial charge in [0.2, 0.25) is 0 Å². The Morgan fingerprint density at radius 2 is 2.29 bits per heavy atom. The van der Waals surface area contributed by atoms with E-state index in [1.54, 1.807) is 18.0 Å². The predicted molar refractivity (Wildman–Crippen MR) is 85.3 cm³/mol. The van der Waals surface area contributed by atoms with Crippen LogP contribution in [0.2, 0.25) is 0 Å². The maximum atomic E-state index is 6.24. The SMILES string of the molecule is NC1SC=C(c2c[nH]nc2CC2CC2)N1c1ccccn1. The van der Waals surface area contributed by atoms with E-state index in [4.69, 9.17) is 5.73 Å². The molecule has 2 aromatic rings. The topological polar surface area (TPSA) is 70.8 Å². The van der Waals surface area contributed by atoms with Crippen molar-refractivity contribution in [3.63, 3.8) is 0 Å². The molecule has 1 fully saturated rings. The summed E-state index contributed by atoms with van der Waals surface area (Å²) in [6.45, 7) is 0. The monoisotopic (exact) mass is 299 g/mol. The molecular weight excluding hydrogens is 282 g/mol. The van der Waals surface area contributed by atoms with Crippen LogP contribution >= 0.6 is 11.8 Å². The van der Waals surface area contributed by atoms with Crippen LogP contribution in [0.3, 0.4) is 0 Å². The summed E-state index contributed by atoms with van der Waals surface area (Å²) in [4.78, 5) is 6.51. The van der Waals surface area contributed by atoms with Crippen LogP contribution in [0.25, 0.3) is 5.70 Å². The van der Waals surface area contributed by atoms with Gasteiger partial charge in [-0.15, -0.1) is 0 Å². The molecule has 1 saturated carbocycles. The smallest absolute Gasteiger partial charge is 0.135 e. The summed E-state index contributed by atoms with van der Waals surface area (Å²) in [6, 6.07) is 5.88. The molecule has 0 spiro atoms. The van der Waals surface area contributed by atoms with Crippen molar-refractivity contribution in [2.45, 2.75) is 24.8 Å². The molecule has 3 N–H and O–H groups in total. The molecule has 6 heteroatoms. The van der Waals surface area contributed by atoms with Crippen molar-refractivity contribution in [1.82, 2.24) is 15.2 Å². The number of hydrogen-bond donors (Lipinski definition) is 2. The number of aromatic nitrogens is 3. The average Bonchev–Trinajstić information content (AvgIpc) is 3.06. The maximum absolute atomic E-state index is 6.24. The lowest BCUT2D eigenvalue weighted by atomic mass is 10.1. The molecule has 0 aromatic carbocycles. The second-order valence-corrected chi connectivity index (χ2v) is 6.47. The maximum Gasteiger partial charge on any atom is 0.135 e. The predicted octanol–water partition coefficient (Wildman–Crippen LogP) is 2.55. The van der Waals surface area contributed by atoms with E-state index in [9.17, 15) is 0 Å². The Morgan fingerprint density at radius 3 is 3.05 bits per heavy atom. The fourth-order valence-electron chi connectivity index (χ4n) is 2.62. The van der Waals surface area contributed by atoms with Gasteiger partial charge in [0.25, 0.3) is 0 Å². The van der Waals surface area contributed by atoms with Crippen LogP contribution in [0.5, 0.6) is 0 Å². The number of H-pyrrole nitrogens is 1. The highest BCUT2D eigenvalue weighted by Gasteiger charge is 2.31. The van der Waals surface area contributed by atoms with Gasteiger partial charge in [-0.05, 0) is 42.7 Å². The molecule has 1 unspecified atom stereocenters. The van der Waals surface area contributed by atoms with Crippen LogP contribution in [0.1, 0.15) is 24.1 Å². The van der Waals surface area contributed by atoms with E-state index in [-0.39, 0.29) is 5.50 Å². The highest BCUT2D eigenvalue weighted by Crippen LogP contribution is 2.40. The standard InChI is InChI=1S/C15H17N5S/c16-15-20(14-3-1-2-6-17-14)13(9-21-15)11-8-18-19-12(11)7-10-4-5-10/h1-3,6,8-10,15H,4-5,7,16H2,(H,18,19). The highest BCUT2D eigenvalue weighted by molar-refractivity contribution is 8.03. The Kier molecular flexibility index (Phi) is 3.20. The molecule has 5 nitrogen and oxygen atoms in total. The lowest BCUT2D eigenvalue weighted by Gasteiger charge is -2.25. The lowest BCUT2D eigenvalue weighted by molar-refractivity contribution is 0.793. The highest BCUT2D eigenvalue weighted by atomic mass is 32.2. The van der Waals surface area contributed by atoms with E-state index >= 15 is 0 Å². The zero-order chi connectivity index (χ0) is 14.2. The number of thioether (sulfide) groups is 1. The molecular formula is C15H17N5S. The van der Waals surface area contributed by atoms with Crippen molar-refractivity contribution < 1.29 is 0 Å². The Bertz CT molecular complexity index is 662. The average molecular weight is 299 g/mol. The summed E-state index contributed by atoms with van der Waals surface area (Å²) in [7, 11) is 0. The molecule has 0 bridgehead atoms. The van der Waals surface area contributed by atoms with Crippen molar-refractivity contribution in [2.75, 3.05) is 4.90 Å². The van der Waals surface area contributed by atoms with Gasteiger partial charge >= 0.3 is 0 Å². The quantitative estimate of drug-likeness (QED) is 0.908. The molecule has 1 atom stereocenters. The minimum atomic E-state index is -0.140. The third kappa shape index (κ3) is 2.45.